The summed E-state index contributed by atoms with van der Waals surface area (Å²) >= 11 is 0. The van der Waals surface area contributed by atoms with Crippen LogP contribution < -0.4 is 4.74 Å². The van der Waals surface area contributed by atoms with Gasteiger partial charge in [-0.3, -0.25) is 14.8 Å². The van der Waals surface area contributed by atoms with Gasteiger partial charge in [0.1, 0.15) is 0 Å². The molecule has 0 N–H and O–H groups in total. The van der Waals surface area contributed by atoms with Crippen LogP contribution in [0.1, 0.15) is 31.4 Å². The molecule has 0 spiro atoms. The zero-order valence-electron chi connectivity index (χ0n) is 14.4. The van der Waals surface area contributed by atoms with Gasteiger partial charge in [-0.05, 0) is 26.3 Å². The Morgan fingerprint density at radius 1 is 1.26 bits per heavy atom. The molecule has 1 unspecified atom stereocenters. The minimum atomic E-state index is 0.408. The molecule has 2 aliphatic rings. The highest BCUT2D eigenvalue weighted by Gasteiger charge is 2.37. The van der Waals surface area contributed by atoms with E-state index in [0.29, 0.717) is 24.1 Å². The highest BCUT2D eigenvalue weighted by molar-refractivity contribution is 5.08. The first-order chi connectivity index (χ1) is 11.2. The second-order valence-electron chi connectivity index (χ2n) is 6.67. The van der Waals surface area contributed by atoms with Gasteiger partial charge in [0, 0.05) is 45.0 Å². The lowest BCUT2D eigenvalue weighted by molar-refractivity contribution is 0.0838. The van der Waals surface area contributed by atoms with Crippen LogP contribution in [-0.4, -0.2) is 72.3 Å². The van der Waals surface area contributed by atoms with Crippen LogP contribution in [0.25, 0.3) is 0 Å². The summed E-state index contributed by atoms with van der Waals surface area (Å²) in [6.07, 6.45) is 8.90. The molecule has 1 saturated heterocycles. The van der Waals surface area contributed by atoms with Crippen LogP contribution in [0.3, 0.4) is 0 Å². The van der Waals surface area contributed by atoms with Gasteiger partial charge in [0.2, 0.25) is 5.88 Å². The lowest BCUT2D eigenvalue weighted by atomic mass is 10.1. The highest BCUT2D eigenvalue weighted by atomic mass is 16.5. The van der Waals surface area contributed by atoms with Crippen LogP contribution in [-0.2, 0) is 11.3 Å². The fourth-order valence-electron chi connectivity index (χ4n) is 4.04. The molecule has 2 heterocycles. The molecule has 1 aliphatic heterocycles. The van der Waals surface area contributed by atoms with E-state index in [9.17, 15) is 0 Å². The summed E-state index contributed by atoms with van der Waals surface area (Å²) in [5.41, 5.74) is 0.966. The van der Waals surface area contributed by atoms with Gasteiger partial charge in [0.25, 0.3) is 0 Å². The van der Waals surface area contributed by atoms with E-state index in [0.717, 1.165) is 31.7 Å². The van der Waals surface area contributed by atoms with Crippen molar-refractivity contribution in [3.05, 3.63) is 18.1 Å². The van der Waals surface area contributed by atoms with Crippen LogP contribution in [0.5, 0.6) is 5.88 Å². The van der Waals surface area contributed by atoms with Gasteiger partial charge in [-0.15, -0.1) is 0 Å². The Morgan fingerprint density at radius 3 is 2.87 bits per heavy atom. The van der Waals surface area contributed by atoms with Crippen molar-refractivity contribution in [3.63, 3.8) is 0 Å². The second-order valence-corrected chi connectivity index (χ2v) is 6.67. The van der Waals surface area contributed by atoms with Crippen molar-refractivity contribution in [1.82, 2.24) is 19.8 Å². The maximum atomic E-state index is 5.53. The van der Waals surface area contributed by atoms with E-state index in [2.05, 4.69) is 26.8 Å². The number of ether oxygens (including phenoxy) is 2. The monoisotopic (exact) mass is 320 g/mol. The quantitative estimate of drug-likeness (QED) is 0.793. The molecule has 6 nitrogen and oxygen atoms in total. The number of methoxy groups -OCH3 is 2. The van der Waals surface area contributed by atoms with E-state index in [1.165, 1.54) is 19.3 Å². The Kier molecular flexibility index (Phi) is 5.46. The summed E-state index contributed by atoms with van der Waals surface area (Å²) in [5.74, 6) is 0.585. The van der Waals surface area contributed by atoms with Crippen LogP contribution in [0.2, 0.25) is 0 Å². The smallest absolute Gasteiger partial charge is 0.232 e. The van der Waals surface area contributed by atoms with Gasteiger partial charge >= 0.3 is 0 Å². The number of aromatic nitrogens is 2. The average molecular weight is 320 g/mol. The summed E-state index contributed by atoms with van der Waals surface area (Å²) in [4.78, 5) is 13.8. The number of hydrogen-bond donors (Lipinski definition) is 0. The van der Waals surface area contributed by atoms with Crippen molar-refractivity contribution in [3.8, 4) is 5.88 Å². The van der Waals surface area contributed by atoms with Crippen molar-refractivity contribution < 1.29 is 9.47 Å². The largest absolute Gasteiger partial charge is 0.480 e. The van der Waals surface area contributed by atoms with Crippen LogP contribution in [0.4, 0.5) is 0 Å². The third-order valence-corrected chi connectivity index (χ3v) is 5.27. The van der Waals surface area contributed by atoms with E-state index < -0.39 is 0 Å². The van der Waals surface area contributed by atoms with Gasteiger partial charge in [-0.2, -0.15) is 0 Å². The normalized spacial score (nSPS) is 28.6. The maximum absolute atomic E-state index is 5.53. The molecule has 6 heteroatoms. The minimum Gasteiger partial charge on any atom is -0.480 e. The first-order valence-corrected chi connectivity index (χ1v) is 8.53. The van der Waals surface area contributed by atoms with Crippen molar-refractivity contribution in [1.29, 1.82) is 0 Å². The van der Waals surface area contributed by atoms with Crippen LogP contribution in [0.15, 0.2) is 12.4 Å². The van der Waals surface area contributed by atoms with Gasteiger partial charge in [0.15, 0.2) is 0 Å². The molecule has 3 atom stereocenters. The Balaban J connectivity index is 1.62. The van der Waals surface area contributed by atoms with Crippen molar-refractivity contribution in [2.75, 3.05) is 34.4 Å². The predicted molar refractivity (Wildman–Crippen MR) is 88.5 cm³/mol. The van der Waals surface area contributed by atoms with E-state index in [1.54, 1.807) is 13.3 Å². The van der Waals surface area contributed by atoms with Gasteiger partial charge in [-0.25, -0.2) is 4.98 Å². The van der Waals surface area contributed by atoms with E-state index in [-0.39, 0.29) is 0 Å². The molecule has 23 heavy (non-hydrogen) atoms. The van der Waals surface area contributed by atoms with Crippen LogP contribution >= 0.6 is 0 Å². The highest BCUT2D eigenvalue weighted by Crippen LogP contribution is 2.31. The van der Waals surface area contributed by atoms with Gasteiger partial charge in [-0.1, -0.05) is 6.42 Å². The van der Waals surface area contributed by atoms with Crippen molar-refractivity contribution in [2.45, 2.75) is 50.4 Å². The molecule has 0 radical (unpaired) electrons. The van der Waals surface area contributed by atoms with E-state index in [1.807, 2.05) is 13.3 Å². The van der Waals surface area contributed by atoms with Gasteiger partial charge in [0.05, 0.1) is 25.1 Å². The molecule has 0 bridgehead atoms. The summed E-state index contributed by atoms with van der Waals surface area (Å²) in [7, 11) is 5.66. The fourth-order valence-corrected chi connectivity index (χ4v) is 4.04. The fraction of sp³-hybridized carbons (Fsp3) is 0.765. The third kappa shape index (κ3) is 3.82. The van der Waals surface area contributed by atoms with E-state index in [4.69, 9.17) is 9.47 Å². The zero-order valence-corrected chi connectivity index (χ0v) is 14.4. The number of likely N-dealkylation sites (N-methyl/N-ethyl adjacent to an activating group) is 1. The van der Waals surface area contributed by atoms with Gasteiger partial charge < -0.3 is 9.47 Å². The molecule has 128 valence electrons. The van der Waals surface area contributed by atoms with Crippen LogP contribution in [0, 0.1) is 0 Å². The second kappa shape index (κ2) is 7.55. The minimum absolute atomic E-state index is 0.408. The van der Waals surface area contributed by atoms with Crippen molar-refractivity contribution >= 4 is 0 Å². The first kappa shape index (κ1) is 16.6. The topological polar surface area (TPSA) is 50.7 Å². The summed E-state index contributed by atoms with van der Waals surface area (Å²) in [6.45, 7) is 3.05. The Bertz CT molecular complexity index is 513. The lowest BCUT2D eigenvalue weighted by Gasteiger charge is -2.35. The molecule has 1 saturated carbocycles. The average Bonchev–Trinajstić information content (AvgIpc) is 3.23. The lowest BCUT2D eigenvalue weighted by Crippen LogP contribution is -2.46. The number of nitrogens with zero attached hydrogens (tertiary/aromatic N) is 4. The molecule has 0 aromatic carbocycles. The maximum Gasteiger partial charge on any atom is 0.232 e. The van der Waals surface area contributed by atoms with E-state index >= 15 is 0 Å². The Morgan fingerprint density at radius 2 is 2.13 bits per heavy atom. The third-order valence-electron chi connectivity index (χ3n) is 5.27. The molecule has 2 fully saturated rings. The van der Waals surface area contributed by atoms with Crippen molar-refractivity contribution in [2.24, 2.45) is 0 Å². The Hall–Kier alpha value is -1.24. The molecular formula is C17H28N4O2. The number of rotatable bonds is 6. The number of hydrogen-bond acceptors (Lipinski definition) is 6. The first-order valence-electron chi connectivity index (χ1n) is 8.53. The zero-order chi connectivity index (χ0) is 16.2. The summed E-state index contributed by atoms with van der Waals surface area (Å²) in [6, 6.07) is 1.22. The SMILES string of the molecule is COc1cncc(CN(C)[C@H]2CCC[C@H]2N2CCC(OC)C2)n1. The molecule has 1 aliphatic carbocycles. The molecule has 1 aromatic heterocycles. The molecule has 0 amide bonds. The Labute approximate surface area is 138 Å². The number of likely N-dealkylation sites (tertiary alicyclic amines) is 1. The predicted octanol–water partition coefficient (Wildman–Crippen LogP) is 1.56. The summed E-state index contributed by atoms with van der Waals surface area (Å²) in [5, 5.41) is 0. The molecular weight excluding hydrogens is 292 g/mol. The summed E-state index contributed by atoms with van der Waals surface area (Å²) < 4.78 is 10.7. The molecule has 1 aromatic rings. The standard InChI is InChI=1S/C17H28N4O2/c1-20(11-13-9-18-10-17(19-13)23-3)15-5-4-6-16(15)21-8-7-14(12-21)22-2/h9-10,14-16H,4-8,11-12H2,1-3H3/t14?,15-,16+/m0/s1. The molecule has 3 rings (SSSR count).